The van der Waals surface area contributed by atoms with Crippen molar-refractivity contribution in [3.05, 3.63) is 90.4 Å². The van der Waals surface area contributed by atoms with Crippen LogP contribution in [-0.2, 0) is 5.75 Å². The maximum atomic E-state index is 12.4. The molecule has 0 saturated carbocycles. The number of carbonyl (C=O) groups excluding carboxylic acids is 1. The number of benzene rings is 2. The van der Waals surface area contributed by atoms with Gasteiger partial charge in [-0.3, -0.25) is 4.79 Å². The average Bonchev–Trinajstić information content (AvgIpc) is 3.20. The highest BCUT2D eigenvalue weighted by Crippen LogP contribution is 2.24. The number of pyridine rings is 1. The van der Waals surface area contributed by atoms with Crippen LogP contribution in [0.5, 0.6) is 5.75 Å². The average molecular weight is 457 g/mol. The number of rotatable bonds is 7. The van der Waals surface area contributed by atoms with E-state index in [2.05, 4.69) is 15.0 Å². The molecule has 164 valence electrons. The normalized spacial score (nSPS) is 11.5. The Bertz CT molecular complexity index is 1170. The van der Waals surface area contributed by atoms with Crippen molar-refractivity contribution >= 4 is 29.0 Å². The van der Waals surface area contributed by atoms with Crippen molar-refractivity contribution in [2.24, 2.45) is 0 Å². The lowest BCUT2D eigenvalue weighted by Crippen LogP contribution is -2.19. The lowest BCUT2D eigenvalue weighted by molar-refractivity contribution is -0.153. The molecule has 0 spiro atoms. The number of nitrogens with zero attached hydrogens (tertiary/aromatic N) is 2. The van der Waals surface area contributed by atoms with Gasteiger partial charge >= 0.3 is 6.18 Å². The summed E-state index contributed by atoms with van der Waals surface area (Å²) >= 11 is 1.62. The molecule has 0 atom stereocenters. The molecule has 5 nitrogen and oxygen atoms in total. The summed E-state index contributed by atoms with van der Waals surface area (Å²) in [5.74, 6) is 0.467. The standard InChI is InChI=1S/C23H18F3N3O2S/c24-23(25,26)15-31-19-8-6-17(7-9-19)28-22(30)16-4-10-20(11-5-16)32-14-18-13-29-12-2-1-3-21(29)27-18/h1-13H,14-15H2,(H,28,30). The van der Waals surface area contributed by atoms with Crippen LogP contribution in [-0.4, -0.2) is 28.1 Å². The van der Waals surface area contributed by atoms with Gasteiger partial charge in [0, 0.05) is 34.3 Å². The zero-order valence-electron chi connectivity index (χ0n) is 16.7. The molecule has 0 bridgehead atoms. The van der Waals surface area contributed by atoms with Crippen LogP contribution in [0.25, 0.3) is 5.65 Å². The largest absolute Gasteiger partial charge is 0.484 e. The van der Waals surface area contributed by atoms with E-state index >= 15 is 0 Å². The number of nitrogens with one attached hydrogen (secondary N) is 1. The van der Waals surface area contributed by atoms with Gasteiger partial charge in [-0.05, 0) is 60.7 Å². The van der Waals surface area contributed by atoms with Gasteiger partial charge in [0.2, 0.25) is 0 Å². The third-order valence-corrected chi connectivity index (χ3v) is 5.48. The lowest BCUT2D eigenvalue weighted by Gasteiger charge is -2.10. The molecule has 2 aromatic carbocycles. The van der Waals surface area contributed by atoms with E-state index in [1.54, 1.807) is 23.9 Å². The number of fused-ring (bicyclic) bond motifs is 1. The fourth-order valence-corrected chi connectivity index (χ4v) is 3.70. The fourth-order valence-electron chi connectivity index (χ4n) is 2.92. The topological polar surface area (TPSA) is 55.6 Å². The molecular formula is C23H18F3N3O2S. The van der Waals surface area contributed by atoms with Crippen molar-refractivity contribution in [2.75, 3.05) is 11.9 Å². The summed E-state index contributed by atoms with van der Waals surface area (Å²) in [6, 6.07) is 18.7. The number of amides is 1. The van der Waals surface area contributed by atoms with Crippen molar-refractivity contribution in [1.29, 1.82) is 0 Å². The molecular weight excluding hydrogens is 439 g/mol. The molecule has 32 heavy (non-hydrogen) atoms. The number of ether oxygens (including phenoxy) is 1. The van der Waals surface area contributed by atoms with E-state index in [0.717, 1.165) is 16.2 Å². The van der Waals surface area contributed by atoms with Crippen LogP contribution in [0.3, 0.4) is 0 Å². The van der Waals surface area contributed by atoms with E-state index < -0.39 is 12.8 Å². The number of alkyl halides is 3. The van der Waals surface area contributed by atoms with Gasteiger partial charge < -0.3 is 14.5 Å². The minimum absolute atomic E-state index is 0.0762. The van der Waals surface area contributed by atoms with Crippen molar-refractivity contribution in [3.63, 3.8) is 0 Å². The first-order chi connectivity index (χ1) is 15.4. The Morgan fingerprint density at radius 3 is 2.47 bits per heavy atom. The Hall–Kier alpha value is -3.46. The first-order valence-electron chi connectivity index (χ1n) is 9.62. The molecule has 4 aromatic rings. The lowest BCUT2D eigenvalue weighted by atomic mass is 10.2. The zero-order chi connectivity index (χ0) is 22.6. The number of anilines is 1. The smallest absolute Gasteiger partial charge is 0.422 e. The van der Waals surface area contributed by atoms with Gasteiger partial charge in [0.25, 0.3) is 5.91 Å². The number of hydrogen-bond acceptors (Lipinski definition) is 4. The number of carbonyl (C=O) groups is 1. The SMILES string of the molecule is O=C(Nc1ccc(OCC(F)(F)F)cc1)c1ccc(SCc2cn3ccccc3n2)cc1. The Kier molecular flexibility index (Phi) is 6.36. The van der Waals surface area contributed by atoms with Crippen LogP contribution >= 0.6 is 11.8 Å². The predicted octanol–water partition coefficient (Wildman–Crippen LogP) is 5.82. The van der Waals surface area contributed by atoms with Gasteiger partial charge in [0.05, 0.1) is 5.69 Å². The first-order valence-corrected chi connectivity index (χ1v) is 10.6. The highest BCUT2D eigenvalue weighted by molar-refractivity contribution is 7.98. The molecule has 9 heteroatoms. The second-order valence-corrected chi connectivity index (χ2v) is 7.94. The molecule has 0 aliphatic carbocycles. The van der Waals surface area contributed by atoms with Crippen LogP contribution < -0.4 is 10.1 Å². The van der Waals surface area contributed by atoms with Crippen molar-refractivity contribution < 1.29 is 22.7 Å². The van der Waals surface area contributed by atoms with Gasteiger partial charge in [-0.2, -0.15) is 13.2 Å². The molecule has 0 radical (unpaired) electrons. The number of imidazole rings is 1. The van der Waals surface area contributed by atoms with Crippen molar-refractivity contribution in [3.8, 4) is 5.75 Å². The maximum Gasteiger partial charge on any atom is 0.422 e. The Balaban J connectivity index is 1.30. The van der Waals surface area contributed by atoms with Crippen molar-refractivity contribution in [2.45, 2.75) is 16.8 Å². The van der Waals surface area contributed by atoms with E-state index in [4.69, 9.17) is 0 Å². The van der Waals surface area contributed by atoms with E-state index in [9.17, 15) is 18.0 Å². The van der Waals surface area contributed by atoms with E-state index in [1.165, 1.54) is 24.3 Å². The minimum Gasteiger partial charge on any atom is -0.484 e. The molecule has 0 fully saturated rings. The van der Waals surface area contributed by atoms with E-state index in [1.807, 2.05) is 47.1 Å². The summed E-state index contributed by atoms with van der Waals surface area (Å²) in [6.45, 7) is -1.36. The molecule has 1 N–H and O–H groups in total. The van der Waals surface area contributed by atoms with Gasteiger partial charge in [-0.25, -0.2) is 4.98 Å². The predicted molar refractivity (Wildman–Crippen MR) is 117 cm³/mol. The van der Waals surface area contributed by atoms with Crippen LogP contribution in [0.1, 0.15) is 16.1 Å². The van der Waals surface area contributed by atoms with Gasteiger partial charge in [0.15, 0.2) is 6.61 Å². The summed E-state index contributed by atoms with van der Waals surface area (Å²) in [6.07, 6.45) is -0.458. The minimum atomic E-state index is -4.40. The monoisotopic (exact) mass is 457 g/mol. The van der Waals surface area contributed by atoms with Crippen LogP contribution in [0.4, 0.5) is 18.9 Å². The molecule has 2 heterocycles. The molecule has 4 rings (SSSR count). The van der Waals surface area contributed by atoms with Crippen LogP contribution in [0.2, 0.25) is 0 Å². The van der Waals surface area contributed by atoms with Gasteiger partial charge in [-0.15, -0.1) is 11.8 Å². The molecule has 2 aromatic heterocycles. The molecule has 0 aliphatic heterocycles. The first kappa shape index (κ1) is 21.8. The third-order valence-electron chi connectivity index (χ3n) is 4.43. The Morgan fingerprint density at radius 2 is 1.78 bits per heavy atom. The second kappa shape index (κ2) is 9.35. The highest BCUT2D eigenvalue weighted by Gasteiger charge is 2.28. The van der Waals surface area contributed by atoms with Gasteiger partial charge in [0.1, 0.15) is 11.4 Å². The number of aromatic nitrogens is 2. The van der Waals surface area contributed by atoms with Crippen LogP contribution in [0.15, 0.2) is 84.0 Å². The van der Waals surface area contributed by atoms with E-state index in [0.29, 0.717) is 17.0 Å². The summed E-state index contributed by atoms with van der Waals surface area (Å²) in [5.41, 5.74) is 2.79. The molecule has 1 amide bonds. The summed E-state index contributed by atoms with van der Waals surface area (Å²) in [5, 5.41) is 2.71. The number of hydrogen-bond donors (Lipinski definition) is 1. The third kappa shape index (κ3) is 5.82. The Morgan fingerprint density at radius 1 is 1.03 bits per heavy atom. The van der Waals surface area contributed by atoms with Crippen molar-refractivity contribution in [1.82, 2.24) is 9.38 Å². The van der Waals surface area contributed by atoms with Gasteiger partial charge in [-0.1, -0.05) is 6.07 Å². The second-order valence-electron chi connectivity index (χ2n) is 6.89. The fraction of sp³-hybridized carbons (Fsp3) is 0.130. The Labute approximate surface area is 186 Å². The quantitative estimate of drug-likeness (QED) is 0.355. The number of thioether (sulfide) groups is 1. The zero-order valence-corrected chi connectivity index (χ0v) is 17.5. The summed E-state index contributed by atoms with van der Waals surface area (Å²) in [7, 11) is 0. The molecule has 0 aliphatic rings. The molecule has 0 saturated heterocycles. The maximum absolute atomic E-state index is 12.4. The summed E-state index contributed by atoms with van der Waals surface area (Å²) < 4.78 is 43.2. The summed E-state index contributed by atoms with van der Waals surface area (Å²) in [4.78, 5) is 18.0. The van der Waals surface area contributed by atoms with E-state index in [-0.39, 0.29) is 11.7 Å². The number of halogens is 3. The molecule has 0 unspecified atom stereocenters. The highest BCUT2D eigenvalue weighted by atomic mass is 32.2. The van der Waals surface area contributed by atoms with Crippen LogP contribution in [0, 0.1) is 0 Å².